The van der Waals surface area contributed by atoms with Gasteiger partial charge in [-0.05, 0) is 49.3 Å². The Labute approximate surface area is 188 Å². The zero-order chi connectivity index (χ0) is 21.2. The fraction of sp³-hybridized carbons (Fsp3) is 0.520. The number of nitrogens with zero attached hydrogens (tertiary/aromatic N) is 3. The number of piperazine rings is 1. The molecule has 5 nitrogen and oxygen atoms in total. The lowest BCUT2D eigenvalue weighted by molar-refractivity contribution is -0.137. The van der Waals surface area contributed by atoms with Crippen molar-refractivity contribution < 1.29 is 9.59 Å². The second kappa shape index (κ2) is 9.13. The summed E-state index contributed by atoms with van der Waals surface area (Å²) < 4.78 is 0. The van der Waals surface area contributed by atoms with Crippen molar-refractivity contribution in [1.82, 2.24) is 14.7 Å². The van der Waals surface area contributed by atoms with Gasteiger partial charge < -0.3 is 9.80 Å². The Morgan fingerprint density at radius 2 is 1.68 bits per heavy atom. The molecule has 0 bridgehead atoms. The van der Waals surface area contributed by atoms with Crippen LogP contribution in [0.2, 0.25) is 0 Å². The minimum absolute atomic E-state index is 0.0671. The zero-order valence-corrected chi connectivity index (χ0v) is 18.9. The van der Waals surface area contributed by atoms with E-state index in [0.29, 0.717) is 5.91 Å². The van der Waals surface area contributed by atoms with Crippen molar-refractivity contribution in [2.24, 2.45) is 5.92 Å². The number of thiophene rings is 1. The van der Waals surface area contributed by atoms with Crippen LogP contribution in [0.3, 0.4) is 0 Å². The van der Waals surface area contributed by atoms with E-state index in [1.807, 2.05) is 4.90 Å². The Balaban J connectivity index is 1.16. The summed E-state index contributed by atoms with van der Waals surface area (Å²) in [6, 6.07) is 12.6. The van der Waals surface area contributed by atoms with Gasteiger partial charge in [-0.25, -0.2) is 0 Å². The van der Waals surface area contributed by atoms with E-state index >= 15 is 0 Å². The SMILES string of the molecule is O=C(c1cc2c(s1)CC[C@H](C(=O)N1CCN(Cc3ccccc3)CC1)C2)N1CCCC1. The number of hydrogen-bond acceptors (Lipinski definition) is 4. The predicted molar refractivity (Wildman–Crippen MR) is 123 cm³/mol. The molecule has 0 spiro atoms. The predicted octanol–water partition coefficient (Wildman–Crippen LogP) is 3.43. The molecular formula is C25H31N3O2S. The van der Waals surface area contributed by atoms with E-state index in [0.717, 1.165) is 82.8 Å². The summed E-state index contributed by atoms with van der Waals surface area (Å²) in [5.41, 5.74) is 2.57. The van der Waals surface area contributed by atoms with Gasteiger partial charge in [0.25, 0.3) is 5.91 Å². The van der Waals surface area contributed by atoms with Crippen LogP contribution in [-0.2, 0) is 24.2 Å². The Bertz CT molecular complexity index is 927. The van der Waals surface area contributed by atoms with Crippen molar-refractivity contribution in [2.75, 3.05) is 39.3 Å². The van der Waals surface area contributed by atoms with Gasteiger partial charge in [0.15, 0.2) is 0 Å². The summed E-state index contributed by atoms with van der Waals surface area (Å²) in [6.45, 7) is 6.24. The lowest BCUT2D eigenvalue weighted by Crippen LogP contribution is -2.50. The highest BCUT2D eigenvalue weighted by molar-refractivity contribution is 7.14. The number of fused-ring (bicyclic) bond motifs is 1. The number of carbonyl (C=O) groups is 2. The number of aryl methyl sites for hydroxylation is 1. The fourth-order valence-electron chi connectivity index (χ4n) is 5.14. The third-order valence-corrected chi connectivity index (χ3v) is 8.19. The van der Waals surface area contributed by atoms with E-state index in [1.54, 1.807) is 11.3 Å². The van der Waals surface area contributed by atoms with Gasteiger partial charge in [-0.15, -0.1) is 11.3 Å². The molecule has 2 amide bonds. The molecule has 2 fully saturated rings. The van der Waals surface area contributed by atoms with Crippen LogP contribution in [0.4, 0.5) is 0 Å². The standard InChI is InChI=1S/C25H31N3O2S/c29-24(28-14-12-26(13-15-28)18-19-6-2-1-3-7-19)20-8-9-22-21(16-20)17-23(31-22)25(30)27-10-4-5-11-27/h1-3,6-7,17,20H,4-5,8-16,18H2/t20-/m0/s1. The first-order valence-corrected chi connectivity index (χ1v) is 12.4. The molecule has 3 aliphatic rings. The van der Waals surface area contributed by atoms with Crippen LogP contribution in [0.5, 0.6) is 0 Å². The van der Waals surface area contributed by atoms with Gasteiger partial charge in [0.1, 0.15) is 0 Å². The Hall–Kier alpha value is -2.18. The Morgan fingerprint density at radius 3 is 2.42 bits per heavy atom. The number of amides is 2. The van der Waals surface area contributed by atoms with Crippen LogP contribution in [0.25, 0.3) is 0 Å². The number of carbonyl (C=O) groups excluding carboxylic acids is 2. The molecular weight excluding hydrogens is 406 g/mol. The molecule has 2 saturated heterocycles. The molecule has 1 aromatic carbocycles. The van der Waals surface area contributed by atoms with E-state index < -0.39 is 0 Å². The second-order valence-corrected chi connectivity index (χ2v) is 10.2. The molecule has 1 atom stereocenters. The van der Waals surface area contributed by atoms with Gasteiger partial charge in [-0.2, -0.15) is 0 Å². The molecule has 3 heterocycles. The van der Waals surface area contributed by atoms with Crippen molar-refractivity contribution in [3.63, 3.8) is 0 Å². The van der Waals surface area contributed by atoms with Gasteiger partial charge in [-0.3, -0.25) is 14.5 Å². The van der Waals surface area contributed by atoms with E-state index in [9.17, 15) is 9.59 Å². The van der Waals surface area contributed by atoms with Crippen molar-refractivity contribution in [1.29, 1.82) is 0 Å². The molecule has 164 valence electrons. The summed E-state index contributed by atoms with van der Waals surface area (Å²) in [5.74, 6) is 0.565. The fourth-order valence-corrected chi connectivity index (χ4v) is 6.32. The maximum Gasteiger partial charge on any atom is 0.263 e. The minimum Gasteiger partial charge on any atom is -0.340 e. The summed E-state index contributed by atoms with van der Waals surface area (Å²) in [7, 11) is 0. The molecule has 0 N–H and O–H groups in total. The molecule has 1 aromatic heterocycles. The van der Waals surface area contributed by atoms with Crippen LogP contribution in [0.1, 0.15) is 44.9 Å². The summed E-state index contributed by atoms with van der Waals surface area (Å²) in [4.78, 5) is 34.6. The van der Waals surface area contributed by atoms with Crippen LogP contribution >= 0.6 is 11.3 Å². The lowest BCUT2D eigenvalue weighted by Gasteiger charge is -2.37. The van der Waals surface area contributed by atoms with Crippen molar-refractivity contribution in [3.8, 4) is 0 Å². The van der Waals surface area contributed by atoms with E-state index in [4.69, 9.17) is 0 Å². The molecule has 6 heteroatoms. The quantitative estimate of drug-likeness (QED) is 0.736. The normalized spacial score (nSPS) is 21.9. The zero-order valence-electron chi connectivity index (χ0n) is 18.1. The monoisotopic (exact) mass is 437 g/mol. The van der Waals surface area contributed by atoms with Crippen molar-refractivity contribution in [3.05, 3.63) is 57.3 Å². The van der Waals surface area contributed by atoms with E-state index in [-0.39, 0.29) is 11.8 Å². The third-order valence-electron chi connectivity index (χ3n) is 6.97. The molecule has 0 radical (unpaired) electrons. The Morgan fingerprint density at radius 1 is 0.935 bits per heavy atom. The van der Waals surface area contributed by atoms with Crippen molar-refractivity contribution >= 4 is 23.2 Å². The number of likely N-dealkylation sites (tertiary alicyclic amines) is 1. The maximum absolute atomic E-state index is 13.2. The van der Waals surface area contributed by atoms with Gasteiger partial charge in [-0.1, -0.05) is 30.3 Å². The molecule has 1 aliphatic carbocycles. The summed E-state index contributed by atoms with van der Waals surface area (Å²) >= 11 is 1.66. The molecule has 31 heavy (non-hydrogen) atoms. The van der Waals surface area contributed by atoms with Gasteiger partial charge in [0, 0.05) is 56.6 Å². The first-order chi connectivity index (χ1) is 15.2. The maximum atomic E-state index is 13.2. The summed E-state index contributed by atoms with van der Waals surface area (Å²) in [6.07, 6.45) is 4.87. The van der Waals surface area contributed by atoms with E-state index in [2.05, 4.69) is 46.2 Å². The highest BCUT2D eigenvalue weighted by Crippen LogP contribution is 2.34. The second-order valence-electron chi connectivity index (χ2n) is 9.09. The molecule has 2 aliphatic heterocycles. The average Bonchev–Trinajstić information content (AvgIpc) is 3.49. The largest absolute Gasteiger partial charge is 0.340 e. The Kier molecular flexibility index (Phi) is 6.10. The number of benzene rings is 1. The molecule has 2 aromatic rings. The average molecular weight is 438 g/mol. The van der Waals surface area contributed by atoms with Gasteiger partial charge in [0.05, 0.1) is 4.88 Å². The van der Waals surface area contributed by atoms with Crippen molar-refractivity contribution in [2.45, 2.75) is 38.6 Å². The smallest absolute Gasteiger partial charge is 0.263 e. The first kappa shape index (κ1) is 20.7. The van der Waals surface area contributed by atoms with Crippen LogP contribution < -0.4 is 0 Å². The minimum atomic E-state index is 0.0671. The topological polar surface area (TPSA) is 43.9 Å². The lowest BCUT2D eigenvalue weighted by atomic mass is 9.87. The summed E-state index contributed by atoms with van der Waals surface area (Å²) in [5, 5.41) is 0. The third kappa shape index (κ3) is 4.55. The van der Waals surface area contributed by atoms with Gasteiger partial charge >= 0.3 is 0 Å². The van der Waals surface area contributed by atoms with Crippen LogP contribution in [0.15, 0.2) is 36.4 Å². The van der Waals surface area contributed by atoms with Gasteiger partial charge in [0.2, 0.25) is 5.91 Å². The van der Waals surface area contributed by atoms with Crippen LogP contribution in [0, 0.1) is 5.92 Å². The highest BCUT2D eigenvalue weighted by Gasteiger charge is 2.32. The first-order valence-electron chi connectivity index (χ1n) is 11.6. The highest BCUT2D eigenvalue weighted by atomic mass is 32.1. The molecule has 5 rings (SSSR count). The van der Waals surface area contributed by atoms with E-state index in [1.165, 1.54) is 16.0 Å². The molecule has 0 saturated carbocycles. The van der Waals surface area contributed by atoms with Crippen LogP contribution in [-0.4, -0.2) is 65.8 Å². The number of hydrogen-bond donors (Lipinski definition) is 0. The number of rotatable bonds is 4. The molecule has 0 unspecified atom stereocenters.